The molecule has 1 rings (SSSR count). The van der Waals surface area contributed by atoms with Crippen LogP contribution in [0.25, 0.3) is 0 Å². The van der Waals surface area contributed by atoms with Crippen LogP contribution in [0, 0.1) is 0 Å². The van der Waals surface area contributed by atoms with Gasteiger partial charge in [0.15, 0.2) is 0 Å². The van der Waals surface area contributed by atoms with Crippen molar-refractivity contribution in [3.63, 3.8) is 0 Å². The van der Waals surface area contributed by atoms with Crippen molar-refractivity contribution in [3.05, 3.63) is 12.7 Å². The first-order valence-electron chi connectivity index (χ1n) is 4.88. The zero-order valence-electron chi connectivity index (χ0n) is 8.52. The number of rotatable bonds is 5. The molecule has 0 spiro atoms. The van der Waals surface area contributed by atoms with E-state index in [1.165, 1.54) is 11.0 Å². The van der Waals surface area contributed by atoms with Crippen LogP contribution in [-0.2, 0) is 14.3 Å². The molecule has 0 radical (unpaired) electrons. The van der Waals surface area contributed by atoms with Crippen LogP contribution in [0.5, 0.6) is 0 Å². The Labute approximate surface area is 88.3 Å². The minimum atomic E-state index is -1.02. The molecular weight excluding hydrogens is 198 g/mol. The van der Waals surface area contributed by atoms with Gasteiger partial charge in [-0.05, 0) is 12.8 Å². The molecule has 0 saturated carbocycles. The van der Waals surface area contributed by atoms with Gasteiger partial charge in [-0.3, -0.25) is 9.59 Å². The highest BCUT2D eigenvalue weighted by atomic mass is 16.5. The highest BCUT2D eigenvalue weighted by Crippen LogP contribution is 2.14. The average molecular weight is 213 g/mol. The van der Waals surface area contributed by atoms with Gasteiger partial charge < -0.3 is 14.7 Å². The molecule has 1 heterocycles. The highest BCUT2D eigenvalue weighted by molar-refractivity contribution is 5.84. The first-order valence-corrected chi connectivity index (χ1v) is 4.88. The van der Waals surface area contributed by atoms with Crippen LogP contribution in [-0.4, -0.2) is 47.7 Å². The smallest absolute Gasteiger partial charge is 0.323 e. The van der Waals surface area contributed by atoms with E-state index in [0.717, 1.165) is 6.42 Å². The number of hydrogen-bond donors (Lipinski definition) is 1. The van der Waals surface area contributed by atoms with E-state index in [4.69, 9.17) is 9.84 Å². The monoisotopic (exact) mass is 213 g/mol. The second-order valence-corrected chi connectivity index (χ2v) is 3.40. The van der Waals surface area contributed by atoms with Crippen molar-refractivity contribution < 1.29 is 19.4 Å². The van der Waals surface area contributed by atoms with Crippen molar-refractivity contribution >= 4 is 11.9 Å². The highest BCUT2D eigenvalue weighted by Gasteiger charge is 2.28. The van der Waals surface area contributed by atoms with Crippen molar-refractivity contribution in [2.45, 2.75) is 18.9 Å². The van der Waals surface area contributed by atoms with Crippen LogP contribution in [0.15, 0.2) is 12.7 Å². The summed E-state index contributed by atoms with van der Waals surface area (Å²) in [4.78, 5) is 23.5. The van der Waals surface area contributed by atoms with E-state index in [0.29, 0.717) is 13.0 Å². The number of carbonyl (C=O) groups is 2. The van der Waals surface area contributed by atoms with Gasteiger partial charge in [0, 0.05) is 13.2 Å². The number of amides is 1. The van der Waals surface area contributed by atoms with E-state index in [1.807, 2.05) is 0 Å². The molecule has 0 aromatic rings. The molecule has 5 heteroatoms. The molecule has 1 unspecified atom stereocenters. The summed E-state index contributed by atoms with van der Waals surface area (Å²) in [5, 5.41) is 8.63. The number of nitrogens with zero attached hydrogens (tertiary/aromatic N) is 1. The molecular formula is C10H15NO4. The fourth-order valence-corrected chi connectivity index (χ4v) is 1.53. The molecule has 1 N–H and O–H groups in total. The maximum Gasteiger partial charge on any atom is 0.323 e. The Kier molecular flexibility index (Phi) is 4.30. The normalized spacial score (nSPS) is 19.9. The third-order valence-corrected chi connectivity index (χ3v) is 2.19. The molecule has 84 valence electrons. The van der Waals surface area contributed by atoms with E-state index >= 15 is 0 Å². The lowest BCUT2D eigenvalue weighted by Gasteiger charge is -2.21. The van der Waals surface area contributed by atoms with Crippen molar-refractivity contribution in [2.24, 2.45) is 0 Å². The molecule has 1 saturated heterocycles. The fourth-order valence-electron chi connectivity index (χ4n) is 1.53. The van der Waals surface area contributed by atoms with Gasteiger partial charge in [0.2, 0.25) is 0 Å². The molecule has 1 fully saturated rings. The van der Waals surface area contributed by atoms with Crippen molar-refractivity contribution in [1.29, 1.82) is 0 Å². The van der Waals surface area contributed by atoms with Gasteiger partial charge in [-0.1, -0.05) is 6.08 Å². The molecule has 0 aromatic carbocycles. The zero-order valence-corrected chi connectivity index (χ0v) is 8.52. The Balaban J connectivity index is 2.56. The third-order valence-electron chi connectivity index (χ3n) is 2.19. The standard InChI is InChI=1S/C10H15NO4/c1-2-5-11(7-9(12)13)10(14)8-4-3-6-15-8/h2,8H,1,3-7H2,(H,12,13). The quantitative estimate of drug-likeness (QED) is 0.665. The van der Waals surface area contributed by atoms with Crippen LogP contribution in [0.2, 0.25) is 0 Å². The van der Waals surface area contributed by atoms with Crippen LogP contribution in [0.3, 0.4) is 0 Å². The van der Waals surface area contributed by atoms with E-state index in [1.54, 1.807) is 0 Å². The maximum atomic E-state index is 11.8. The number of carboxylic acids is 1. The Morgan fingerprint density at radius 2 is 2.33 bits per heavy atom. The number of carboxylic acid groups (broad SMARTS) is 1. The first kappa shape index (κ1) is 11.7. The zero-order chi connectivity index (χ0) is 11.3. The second-order valence-electron chi connectivity index (χ2n) is 3.40. The van der Waals surface area contributed by atoms with Crippen molar-refractivity contribution in [1.82, 2.24) is 4.90 Å². The molecule has 0 aliphatic carbocycles. The van der Waals surface area contributed by atoms with E-state index in [-0.39, 0.29) is 19.0 Å². The van der Waals surface area contributed by atoms with Crippen LogP contribution in [0.1, 0.15) is 12.8 Å². The Bertz CT molecular complexity index is 258. The Hall–Kier alpha value is -1.36. The molecule has 1 aliphatic rings. The van der Waals surface area contributed by atoms with Crippen LogP contribution < -0.4 is 0 Å². The summed E-state index contributed by atoms with van der Waals surface area (Å²) in [6, 6.07) is 0. The first-order chi connectivity index (χ1) is 7.15. The maximum absolute atomic E-state index is 11.8. The molecule has 1 aliphatic heterocycles. The fraction of sp³-hybridized carbons (Fsp3) is 0.600. The largest absolute Gasteiger partial charge is 0.480 e. The predicted molar refractivity (Wildman–Crippen MR) is 53.4 cm³/mol. The summed E-state index contributed by atoms with van der Waals surface area (Å²) in [7, 11) is 0. The van der Waals surface area contributed by atoms with E-state index in [9.17, 15) is 9.59 Å². The number of ether oxygens (including phenoxy) is 1. The van der Waals surface area contributed by atoms with Crippen LogP contribution in [0.4, 0.5) is 0 Å². The molecule has 5 nitrogen and oxygen atoms in total. The minimum Gasteiger partial charge on any atom is -0.480 e. The van der Waals surface area contributed by atoms with Gasteiger partial charge in [-0.25, -0.2) is 0 Å². The SMILES string of the molecule is C=CCN(CC(=O)O)C(=O)C1CCCO1. The third kappa shape index (κ3) is 3.36. The predicted octanol–water partition coefficient (Wildman–Crippen LogP) is 0.265. The van der Waals surface area contributed by atoms with Crippen molar-refractivity contribution in [3.8, 4) is 0 Å². The topological polar surface area (TPSA) is 66.8 Å². The average Bonchev–Trinajstić information content (AvgIpc) is 2.68. The molecule has 0 aromatic heterocycles. The van der Waals surface area contributed by atoms with E-state index < -0.39 is 12.1 Å². The molecule has 0 bridgehead atoms. The van der Waals surface area contributed by atoms with E-state index in [2.05, 4.69) is 6.58 Å². The molecule has 1 amide bonds. The summed E-state index contributed by atoms with van der Waals surface area (Å²) < 4.78 is 5.21. The lowest BCUT2D eigenvalue weighted by atomic mass is 10.2. The molecule has 1 atom stereocenters. The lowest BCUT2D eigenvalue weighted by molar-refractivity contribution is -0.148. The number of carbonyl (C=O) groups excluding carboxylic acids is 1. The second kappa shape index (κ2) is 5.50. The van der Waals surface area contributed by atoms with Crippen LogP contribution >= 0.6 is 0 Å². The minimum absolute atomic E-state index is 0.241. The van der Waals surface area contributed by atoms with Crippen molar-refractivity contribution in [2.75, 3.05) is 19.7 Å². The van der Waals surface area contributed by atoms with Gasteiger partial charge in [0.05, 0.1) is 0 Å². The summed E-state index contributed by atoms with van der Waals surface area (Å²) >= 11 is 0. The Morgan fingerprint density at radius 1 is 1.60 bits per heavy atom. The number of hydrogen-bond acceptors (Lipinski definition) is 3. The summed E-state index contributed by atoms with van der Waals surface area (Å²) in [6.45, 7) is 4.00. The molecule has 15 heavy (non-hydrogen) atoms. The van der Waals surface area contributed by atoms with Gasteiger partial charge in [0.1, 0.15) is 12.6 Å². The van der Waals surface area contributed by atoms with Gasteiger partial charge in [-0.15, -0.1) is 6.58 Å². The van der Waals surface area contributed by atoms with Gasteiger partial charge >= 0.3 is 5.97 Å². The summed E-state index contributed by atoms with van der Waals surface area (Å²) in [6.07, 6.45) is 2.57. The summed E-state index contributed by atoms with van der Waals surface area (Å²) in [5.74, 6) is -1.28. The van der Waals surface area contributed by atoms with Gasteiger partial charge in [0.25, 0.3) is 5.91 Å². The summed E-state index contributed by atoms with van der Waals surface area (Å²) in [5.41, 5.74) is 0. The number of aliphatic carboxylic acids is 1. The Morgan fingerprint density at radius 3 is 2.80 bits per heavy atom. The lowest BCUT2D eigenvalue weighted by Crippen LogP contribution is -2.41. The van der Waals surface area contributed by atoms with Gasteiger partial charge in [-0.2, -0.15) is 0 Å².